The normalized spacial score (nSPS) is 10.4. The van der Waals surface area contributed by atoms with Crippen molar-refractivity contribution in [1.29, 1.82) is 0 Å². The third kappa shape index (κ3) is 4.81. The molecular weight excluding hydrogens is 426 g/mol. The minimum atomic E-state index is 0.194. The van der Waals surface area contributed by atoms with Crippen molar-refractivity contribution < 1.29 is 9.47 Å². The fourth-order valence-electron chi connectivity index (χ4n) is 3.25. The first-order valence-corrected chi connectivity index (χ1v) is 10.6. The highest BCUT2D eigenvalue weighted by Gasteiger charge is 2.11. The number of aromatic nitrogens is 5. The number of hydrogen-bond acceptors (Lipinski definition) is 7. The van der Waals surface area contributed by atoms with E-state index in [1.165, 1.54) is 6.33 Å². The fraction of sp³-hybridized carbons (Fsp3) is 0.0741. The highest BCUT2D eigenvalue weighted by Crippen LogP contribution is 2.20. The lowest BCUT2D eigenvalue weighted by atomic mass is 10.1. The van der Waals surface area contributed by atoms with Crippen molar-refractivity contribution in [3.63, 3.8) is 0 Å². The first-order chi connectivity index (χ1) is 16.8. The number of rotatable bonds is 5. The quantitative estimate of drug-likeness (QED) is 0.369. The Morgan fingerprint density at radius 2 is 1.68 bits per heavy atom. The van der Waals surface area contributed by atoms with Gasteiger partial charge in [0.25, 0.3) is 0 Å². The molecule has 2 aromatic carbocycles. The van der Waals surface area contributed by atoms with E-state index in [0.717, 1.165) is 28.3 Å². The lowest BCUT2D eigenvalue weighted by Gasteiger charge is -2.08. The lowest BCUT2D eigenvalue weighted by molar-refractivity contribution is 0.288. The Balaban J connectivity index is 1.44. The number of fused-ring (bicyclic) bond motifs is 1. The average Bonchev–Trinajstić information content (AvgIpc) is 2.91. The Morgan fingerprint density at radius 1 is 0.824 bits per heavy atom. The van der Waals surface area contributed by atoms with Crippen molar-refractivity contribution in [2.75, 3.05) is 7.11 Å². The molecule has 0 amide bonds. The summed E-state index contributed by atoms with van der Waals surface area (Å²) in [5.41, 5.74) is 4.90. The summed E-state index contributed by atoms with van der Waals surface area (Å²) in [7, 11) is 1.63. The van der Waals surface area contributed by atoms with Gasteiger partial charge in [0.15, 0.2) is 11.3 Å². The lowest BCUT2D eigenvalue weighted by Crippen LogP contribution is -2.04. The first kappa shape index (κ1) is 21.0. The van der Waals surface area contributed by atoms with Crippen LogP contribution in [0.2, 0.25) is 0 Å². The van der Waals surface area contributed by atoms with Gasteiger partial charge in [-0.1, -0.05) is 36.3 Å². The summed E-state index contributed by atoms with van der Waals surface area (Å²) in [5, 5.41) is 0. The van der Waals surface area contributed by atoms with Gasteiger partial charge in [0, 0.05) is 17.3 Å². The molecule has 7 nitrogen and oxygen atoms in total. The third-order valence-electron chi connectivity index (χ3n) is 4.97. The van der Waals surface area contributed by atoms with Crippen LogP contribution in [-0.4, -0.2) is 32.0 Å². The van der Waals surface area contributed by atoms with E-state index < -0.39 is 0 Å². The zero-order chi connectivity index (χ0) is 23.2. The minimum absolute atomic E-state index is 0.194. The van der Waals surface area contributed by atoms with Gasteiger partial charge in [-0.2, -0.15) is 0 Å². The zero-order valence-electron chi connectivity index (χ0n) is 18.3. The summed E-state index contributed by atoms with van der Waals surface area (Å²) in [6, 6.07) is 22.9. The molecule has 0 radical (unpaired) electrons. The molecular formula is C27H19N5O2. The summed E-state index contributed by atoms with van der Waals surface area (Å²) in [5.74, 6) is 7.26. The van der Waals surface area contributed by atoms with Crippen LogP contribution in [0.3, 0.4) is 0 Å². The Kier molecular flexibility index (Phi) is 6.04. The largest absolute Gasteiger partial charge is 0.497 e. The van der Waals surface area contributed by atoms with Crippen molar-refractivity contribution in [2.24, 2.45) is 0 Å². The fourth-order valence-corrected chi connectivity index (χ4v) is 3.25. The molecule has 3 aromatic heterocycles. The van der Waals surface area contributed by atoms with E-state index in [1.807, 2.05) is 66.7 Å². The Bertz CT molecular complexity index is 1490. The second-order valence-corrected chi connectivity index (χ2v) is 7.25. The maximum absolute atomic E-state index is 6.03. The molecule has 164 valence electrons. The molecule has 0 aliphatic carbocycles. The van der Waals surface area contributed by atoms with Crippen LogP contribution in [-0.2, 0) is 6.61 Å². The van der Waals surface area contributed by atoms with Crippen molar-refractivity contribution in [1.82, 2.24) is 24.9 Å². The number of ether oxygens (including phenoxy) is 2. The highest BCUT2D eigenvalue weighted by atomic mass is 16.5. The predicted octanol–water partition coefficient (Wildman–Crippen LogP) is 4.47. The highest BCUT2D eigenvalue weighted by molar-refractivity contribution is 5.71. The number of methoxy groups -OCH3 is 1. The molecule has 7 heteroatoms. The number of benzene rings is 2. The van der Waals surface area contributed by atoms with Gasteiger partial charge in [0.05, 0.1) is 18.5 Å². The van der Waals surface area contributed by atoms with Crippen molar-refractivity contribution in [2.45, 2.75) is 6.61 Å². The molecule has 0 aliphatic heterocycles. The van der Waals surface area contributed by atoms with E-state index >= 15 is 0 Å². The van der Waals surface area contributed by atoms with Gasteiger partial charge in [0.2, 0.25) is 5.88 Å². The molecule has 3 heterocycles. The molecule has 0 fully saturated rings. The summed E-state index contributed by atoms with van der Waals surface area (Å²) in [6.45, 7) is 0.194. The molecule has 0 spiro atoms. The Hall–Kier alpha value is -4.83. The second kappa shape index (κ2) is 9.76. The molecule has 5 rings (SSSR count). The van der Waals surface area contributed by atoms with Crippen molar-refractivity contribution in [3.05, 3.63) is 102 Å². The molecule has 34 heavy (non-hydrogen) atoms. The summed E-state index contributed by atoms with van der Waals surface area (Å²) in [4.78, 5) is 22.2. The van der Waals surface area contributed by atoms with Crippen molar-refractivity contribution >= 4 is 11.2 Å². The Labute approximate surface area is 196 Å². The second-order valence-electron chi connectivity index (χ2n) is 7.25. The van der Waals surface area contributed by atoms with Gasteiger partial charge < -0.3 is 9.47 Å². The van der Waals surface area contributed by atoms with Crippen LogP contribution >= 0.6 is 0 Å². The molecule has 0 atom stereocenters. The van der Waals surface area contributed by atoms with E-state index in [0.29, 0.717) is 22.7 Å². The minimum Gasteiger partial charge on any atom is -0.497 e. The van der Waals surface area contributed by atoms with E-state index in [9.17, 15) is 0 Å². The molecule has 5 aromatic rings. The van der Waals surface area contributed by atoms with Gasteiger partial charge in [-0.25, -0.2) is 24.9 Å². The predicted molar refractivity (Wildman–Crippen MR) is 128 cm³/mol. The maximum atomic E-state index is 6.03. The van der Waals surface area contributed by atoms with Crippen LogP contribution in [0, 0.1) is 11.8 Å². The zero-order valence-corrected chi connectivity index (χ0v) is 18.3. The maximum Gasteiger partial charge on any atom is 0.250 e. The van der Waals surface area contributed by atoms with Crippen LogP contribution in [0.4, 0.5) is 0 Å². The SMILES string of the molecule is COc1ccc(C#Cc2nc3ncccc3nc2OCc2cc(-c3ccccc3)ncn2)cc1. The first-order valence-electron chi connectivity index (χ1n) is 10.6. The summed E-state index contributed by atoms with van der Waals surface area (Å²) < 4.78 is 11.2. The molecule has 0 unspecified atom stereocenters. The van der Waals surface area contributed by atoms with Crippen LogP contribution in [0.1, 0.15) is 17.0 Å². The topological polar surface area (TPSA) is 82.9 Å². The van der Waals surface area contributed by atoms with Gasteiger partial charge >= 0.3 is 0 Å². The van der Waals surface area contributed by atoms with Crippen LogP contribution in [0.25, 0.3) is 22.4 Å². The van der Waals surface area contributed by atoms with Gasteiger partial charge in [-0.05, 0) is 48.4 Å². The molecule has 0 saturated carbocycles. The van der Waals surface area contributed by atoms with E-state index in [2.05, 4.69) is 36.8 Å². The van der Waals surface area contributed by atoms with Crippen LogP contribution in [0.5, 0.6) is 11.6 Å². The van der Waals surface area contributed by atoms with Gasteiger partial charge in [-0.15, -0.1) is 0 Å². The van der Waals surface area contributed by atoms with Crippen LogP contribution in [0.15, 0.2) is 85.3 Å². The number of hydrogen-bond donors (Lipinski definition) is 0. The number of nitrogens with zero attached hydrogens (tertiary/aromatic N) is 5. The Morgan fingerprint density at radius 3 is 2.50 bits per heavy atom. The third-order valence-corrected chi connectivity index (χ3v) is 4.97. The van der Waals surface area contributed by atoms with E-state index in [-0.39, 0.29) is 6.61 Å². The molecule has 0 N–H and O–H groups in total. The summed E-state index contributed by atoms with van der Waals surface area (Å²) >= 11 is 0. The van der Waals surface area contributed by atoms with Crippen molar-refractivity contribution in [3.8, 4) is 34.7 Å². The molecule has 0 aliphatic rings. The monoisotopic (exact) mass is 445 g/mol. The summed E-state index contributed by atoms with van der Waals surface area (Å²) in [6.07, 6.45) is 3.20. The van der Waals surface area contributed by atoms with Gasteiger partial charge in [-0.3, -0.25) is 0 Å². The van der Waals surface area contributed by atoms with E-state index in [1.54, 1.807) is 19.4 Å². The standard InChI is InChI=1S/C27H19N5O2/c1-33-22-12-9-19(10-13-22)11-14-24-27(32-23-8-5-15-28-26(23)31-24)34-17-21-16-25(30-18-29-21)20-6-3-2-4-7-20/h2-10,12-13,15-16,18H,17H2,1H3. The molecule has 0 saturated heterocycles. The average molecular weight is 445 g/mol. The van der Waals surface area contributed by atoms with Gasteiger partial charge in [0.1, 0.15) is 24.2 Å². The smallest absolute Gasteiger partial charge is 0.250 e. The number of pyridine rings is 1. The van der Waals surface area contributed by atoms with E-state index in [4.69, 9.17) is 9.47 Å². The molecule has 0 bridgehead atoms. The van der Waals surface area contributed by atoms with Crippen LogP contribution < -0.4 is 9.47 Å².